The summed E-state index contributed by atoms with van der Waals surface area (Å²) in [6.07, 6.45) is 4.92. The zero-order valence-corrected chi connectivity index (χ0v) is 17.3. The molecule has 2 aromatic carbocycles. The molecule has 0 N–H and O–H groups in total. The number of hydrogen-bond donors (Lipinski definition) is 0. The van der Waals surface area contributed by atoms with Crippen LogP contribution in [0.25, 0.3) is 6.08 Å². The van der Waals surface area contributed by atoms with E-state index in [9.17, 15) is 19.7 Å². The second-order valence-electron chi connectivity index (χ2n) is 6.68. The van der Waals surface area contributed by atoms with E-state index in [1.807, 2.05) is 32.0 Å². The average molecular weight is 424 g/mol. The van der Waals surface area contributed by atoms with E-state index in [0.717, 1.165) is 34.2 Å². The summed E-state index contributed by atoms with van der Waals surface area (Å²) in [5, 5.41) is 10.3. The second-order valence-corrected chi connectivity index (χ2v) is 7.67. The van der Waals surface area contributed by atoms with Gasteiger partial charge < -0.3 is 4.74 Å². The normalized spacial score (nSPS) is 15.4. The van der Waals surface area contributed by atoms with Crippen molar-refractivity contribution in [1.82, 2.24) is 4.90 Å². The number of nitrogens with zero attached hydrogens (tertiary/aromatic N) is 2. The Morgan fingerprint density at radius 2 is 1.87 bits per heavy atom. The topological polar surface area (TPSA) is 89.8 Å². The summed E-state index contributed by atoms with van der Waals surface area (Å²) in [6, 6.07) is 11.9. The van der Waals surface area contributed by atoms with Gasteiger partial charge in [0.25, 0.3) is 16.8 Å². The maximum Gasteiger partial charge on any atom is 0.293 e. The molecule has 0 radical (unpaired) electrons. The molecule has 0 bridgehead atoms. The standard InChI is InChI=1S/C22H20N2O5S/c1-15-6-7-16(2)19(14-15)29-13-12-23-21(25)20(30-22(23)26)5-3-4-17-8-10-18(11-9-17)24(27)28/h3-11,14H,12-13H2,1-2H3/b4-3+,20-5-. The van der Waals surface area contributed by atoms with Gasteiger partial charge in [0.1, 0.15) is 12.4 Å². The van der Waals surface area contributed by atoms with E-state index in [-0.39, 0.29) is 30.0 Å². The first kappa shape index (κ1) is 21.3. The summed E-state index contributed by atoms with van der Waals surface area (Å²) in [6.45, 7) is 4.29. The summed E-state index contributed by atoms with van der Waals surface area (Å²) in [7, 11) is 0. The molecule has 0 aromatic heterocycles. The third kappa shape index (κ3) is 5.15. The molecule has 0 spiro atoms. The fourth-order valence-electron chi connectivity index (χ4n) is 2.77. The van der Waals surface area contributed by atoms with Gasteiger partial charge in [-0.15, -0.1) is 0 Å². The minimum atomic E-state index is -0.465. The first-order valence-electron chi connectivity index (χ1n) is 9.21. The first-order chi connectivity index (χ1) is 14.3. The van der Waals surface area contributed by atoms with Crippen molar-refractivity contribution < 1.29 is 19.2 Å². The number of nitro groups is 1. The minimum absolute atomic E-state index is 0.0105. The zero-order valence-electron chi connectivity index (χ0n) is 16.5. The van der Waals surface area contributed by atoms with E-state index < -0.39 is 4.92 Å². The monoisotopic (exact) mass is 424 g/mol. The van der Waals surface area contributed by atoms with Gasteiger partial charge >= 0.3 is 0 Å². The van der Waals surface area contributed by atoms with Crippen LogP contribution >= 0.6 is 11.8 Å². The molecular weight excluding hydrogens is 404 g/mol. The Kier molecular flexibility index (Phi) is 6.68. The number of aryl methyl sites for hydroxylation is 2. The Bertz CT molecular complexity index is 1040. The number of hydrogen-bond acceptors (Lipinski definition) is 6. The molecule has 3 rings (SSSR count). The van der Waals surface area contributed by atoms with Crippen molar-refractivity contribution in [3.8, 4) is 5.75 Å². The Morgan fingerprint density at radius 1 is 1.13 bits per heavy atom. The number of carbonyl (C=O) groups is 2. The molecule has 1 saturated heterocycles. The van der Waals surface area contributed by atoms with E-state index in [0.29, 0.717) is 4.91 Å². The number of allylic oxidation sites excluding steroid dienone is 2. The second kappa shape index (κ2) is 9.41. The lowest BCUT2D eigenvalue weighted by molar-refractivity contribution is -0.384. The molecule has 1 heterocycles. The largest absolute Gasteiger partial charge is 0.491 e. The van der Waals surface area contributed by atoms with Crippen LogP contribution in [0.5, 0.6) is 5.75 Å². The fraction of sp³-hybridized carbons (Fsp3) is 0.182. The van der Waals surface area contributed by atoms with Crippen molar-refractivity contribution in [2.45, 2.75) is 13.8 Å². The predicted molar refractivity (Wildman–Crippen MR) is 116 cm³/mol. The number of nitro benzene ring substituents is 1. The number of thioether (sulfide) groups is 1. The van der Waals surface area contributed by atoms with Gasteiger partial charge in [0.05, 0.1) is 16.4 Å². The summed E-state index contributed by atoms with van der Waals surface area (Å²) < 4.78 is 5.74. The van der Waals surface area contributed by atoms with Gasteiger partial charge in [0, 0.05) is 12.1 Å². The van der Waals surface area contributed by atoms with Gasteiger partial charge in [-0.3, -0.25) is 24.6 Å². The van der Waals surface area contributed by atoms with Crippen LogP contribution in [0.15, 0.2) is 59.5 Å². The number of non-ortho nitro benzene ring substituents is 1. The number of ether oxygens (including phenoxy) is 1. The van der Waals surface area contributed by atoms with E-state index in [4.69, 9.17) is 4.74 Å². The van der Waals surface area contributed by atoms with Gasteiger partial charge in [-0.2, -0.15) is 0 Å². The van der Waals surface area contributed by atoms with Crippen LogP contribution in [0.3, 0.4) is 0 Å². The number of carbonyl (C=O) groups excluding carboxylic acids is 2. The van der Waals surface area contributed by atoms with Crippen LogP contribution in [0.1, 0.15) is 16.7 Å². The summed E-state index contributed by atoms with van der Waals surface area (Å²) >= 11 is 0.878. The van der Waals surface area contributed by atoms with Crippen molar-refractivity contribution in [3.05, 3.63) is 86.3 Å². The summed E-state index contributed by atoms with van der Waals surface area (Å²) in [5.74, 6) is 0.381. The molecule has 8 heteroatoms. The summed E-state index contributed by atoms with van der Waals surface area (Å²) in [5.41, 5.74) is 2.82. The molecule has 1 fully saturated rings. The van der Waals surface area contributed by atoms with E-state index in [1.165, 1.54) is 17.0 Å². The molecule has 0 atom stereocenters. The number of imide groups is 1. The highest BCUT2D eigenvalue weighted by molar-refractivity contribution is 8.18. The Hall–Kier alpha value is -3.39. The molecule has 2 amide bonds. The lowest BCUT2D eigenvalue weighted by Crippen LogP contribution is -2.32. The molecule has 154 valence electrons. The molecule has 1 aliphatic rings. The maximum absolute atomic E-state index is 12.5. The quantitative estimate of drug-likeness (QED) is 0.357. The highest BCUT2D eigenvalue weighted by Crippen LogP contribution is 2.30. The van der Waals surface area contributed by atoms with E-state index in [2.05, 4.69) is 0 Å². The van der Waals surface area contributed by atoms with E-state index in [1.54, 1.807) is 30.4 Å². The maximum atomic E-state index is 12.5. The number of benzene rings is 2. The average Bonchev–Trinajstić information content (AvgIpc) is 2.98. The van der Waals surface area contributed by atoms with Crippen molar-refractivity contribution in [2.75, 3.05) is 13.2 Å². The van der Waals surface area contributed by atoms with Crippen LogP contribution in [0.4, 0.5) is 10.5 Å². The number of amides is 2. The van der Waals surface area contributed by atoms with Crippen LogP contribution < -0.4 is 4.74 Å². The Balaban J connectivity index is 1.58. The molecule has 0 aliphatic carbocycles. The van der Waals surface area contributed by atoms with Crippen LogP contribution in [0.2, 0.25) is 0 Å². The van der Waals surface area contributed by atoms with Crippen molar-refractivity contribution in [3.63, 3.8) is 0 Å². The molecule has 7 nitrogen and oxygen atoms in total. The smallest absolute Gasteiger partial charge is 0.293 e. The lowest BCUT2D eigenvalue weighted by Gasteiger charge is -2.14. The van der Waals surface area contributed by atoms with Gasteiger partial charge in [-0.05, 0) is 66.6 Å². The van der Waals surface area contributed by atoms with Crippen LogP contribution in [-0.4, -0.2) is 34.1 Å². The van der Waals surface area contributed by atoms with Crippen molar-refractivity contribution in [1.29, 1.82) is 0 Å². The SMILES string of the molecule is Cc1ccc(C)c(OCCN2C(=O)S/C(=C\C=C\c3ccc([N+](=O)[O-])cc3)C2=O)c1. The Labute approximate surface area is 178 Å². The van der Waals surface area contributed by atoms with Gasteiger partial charge in [0.15, 0.2) is 0 Å². The lowest BCUT2D eigenvalue weighted by atomic mass is 10.1. The first-order valence-corrected chi connectivity index (χ1v) is 10.0. The zero-order chi connectivity index (χ0) is 21.7. The fourth-order valence-corrected chi connectivity index (χ4v) is 3.59. The molecule has 1 aliphatic heterocycles. The van der Waals surface area contributed by atoms with Crippen LogP contribution in [-0.2, 0) is 4.79 Å². The van der Waals surface area contributed by atoms with Gasteiger partial charge in [-0.25, -0.2) is 0 Å². The highest BCUT2D eigenvalue weighted by atomic mass is 32.2. The third-order valence-corrected chi connectivity index (χ3v) is 5.36. The van der Waals surface area contributed by atoms with E-state index >= 15 is 0 Å². The third-order valence-electron chi connectivity index (χ3n) is 4.43. The highest BCUT2D eigenvalue weighted by Gasteiger charge is 2.34. The molecule has 0 saturated carbocycles. The van der Waals surface area contributed by atoms with Crippen LogP contribution in [0, 0.1) is 24.0 Å². The molecule has 0 unspecified atom stereocenters. The van der Waals surface area contributed by atoms with Gasteiger partial charge in [-0.1, -0.05) is 24.3 Å². The summed E-state index contributed by atoms with van der Waals surface area (Å²) in [4.78, 5) is 36.4. The Morgan fingerprint density at radius 3 is 2.57 bits per heavy atom. The molecule has 30 heavy (non-hydrogen) atoms. The van der Waals surface area contributed by atoms with Crippen molar-refractivity contribution >= 4 is 34.7 Å². The van der Waals surface area contributed by atoms with Gasteiger partial charge in [0.2, 0.25) is 0 Å². The predicted octanol–water partition coefficient (Wildman–Crippen LogP) is 4.88. The molecular formula is C22H20N2O5S. The minimum Gasteiger partial charge on any atom is -0.491 e. The number of rotatable bonds is 7. The molecule has 2 aromatic rings. The van der Waals surface area contributed by atoms with Crippen molar-refractivity contribution in [2.24, 2.45) is 0 Å².